The van der Waals surface area contributed by atoms with Crippen LogP contribution in [0.15, 0.2) is 0 Å². The summed E-state index contributed by atoms with van der Waals surface area (Å²) in [6.07, 6.45) is 8.07. The van der Waals surface area contributed by atoms with Crippen LogP contribution in [0.2, 0.25) is 0 Å². The lowest BCUT2D eigenvalue weighted by Crippen LogP contribution is -2.48. The average molecular weight is 325 g/mol. The Morgan fingerprint density at radius 2 is 1.57 bits per heavy atom. The number of rotatable bonds is 6. The van der Waals surface area contributed by atoms with Gasteiger partial charge < -0.3 is 4.74 Å². The van der Waals surface area contributed by atoms with Gasteiger partial charge in [-0.15, -0.1) is 0 Å². The van der Waals surface area contributed by atoms with Gasteiger partial charge in [0.1, 0.15) is 5.60 Å². The molecule has 23 heavy (non-hydrogen) atoms. The second-order valence-corrected chi connectivity index (χ2v) is 9.57. The van der Waals surface area contributed by atoms with E-state index in [9.17, 15) is 4.79 Å². The Balaban J connectivity index is 2.99. The van der Waals surface area contributed by atoms with Crippen LogP contribution in [0.5, 0.6) is 0 Å². The van der Waals surface area contributed by atoms with E-state index < -0.39 is 5.41 Å². The lowest BCUT2D eigenvalue weighted by molar-refractivity contribution is -0.186. The topological polar surface area (TPSA) is 26.3 Å². The fraction of sp³-hybridized carbons (Fsp3) is 0.952. The Morgan fingerprint density at radius 1 is 1.04 bits per heavy atom. The number of ether oxygens (including phenoxy) is 1. The Hall–Kier alpha value is -0.530. The molecule has 1 rings (SSSR count). The van der Waals surface area contributed by atoms with E-state index in [2.05, 4.69) is 55.4 Å². The Bertz CT molecular complexity index is 387. The molecule has 1 aliphatic rings. The lowest BCUT2D eigenvalue weighted by Gasteiger charge is -2.45. The van der Waals surface area contributed by atoms with Crippen LogP contribution in [0.1, 0.15) is 100 Å². The van der Waals surface area contributed by atoms with E-state index in [1.165, 1.54) is 32.1 Å². The van der Waals surface area contributed by atoms with Gasteiger partial charge in [-0.25, -0.2) is 0 Å². The molecule has 0 heterocycles. The summed E-state index contributed by atoms with van der Waals surface area (Å²) in [5.74, 6) is 1.01. The van der Waals surface area contributed by atoms with E-state index in [4.69, 9.17) is 4.74 Å². The minimum absolute atomic E-state index is 0.00798. The first-order valence-corrected chi connectivity index (χ1v) is 9.69. The van der Waals surface area contributed by atoms with Gasteiger partial charge in [0.2, 0.25) is 0 Å². The van der Waals surface area contributed by atoms with Crippen molar-refractivity contribution in [3.63, 3.8) is 0 Å². The molecule has 1 fully saturated rings. The van der Waals surface area contributed by atoms with Crippen LogP contribution in [-0.2, 0) is 9.53 Å². The number of hydrogen-bond acceptors (Lipinski definition) is 2. The maximum atomic E-state index is 13.2. The summed E-state index contributed by atoms with van der Waals surface area (Å²) in [5.41, 5.74) is -0.844. The third-order valence-electron chi connectivity index (χ3n) is 6.42. The fourth-order valence-electron chi connectivity index (χ4n) is 3.99. The second-order valence-electron chi connectivity index (χ2n) is 9.57. The zero-order valence-corrected chi connectivity index (χ0v) is 16.9. The quantitative estimate of drug-likeness (QED) is 0.530. The van der Waals surface area contributed by atoms with Crippen LogP contribution in [0.3, 0.4) is 0 Å². The number of carbonyl (C=O) groups excluding carboxylic acids is 1. The molecule has 0 aliphatic heterocycles. The highest BCUT2D eigenvalue weighted by molar-refractivity contribution is 5.78. The van der Waals surface area contributed by atoms with Gasteiger partial charge in [-0.3, -0.25) is 4.79 Å². The molecular formula is C21H40O2. The first-order valence-electron chi connectivity index (χ1n) is 9.69. The van der Waals surface area contributed by atoms with E-state index in [0.29, 0.717) is 11.8 Å². The van der Waals surface area contributed by atoms with Crippen molar-refractivity contribution in [1.29, 1.82) is 0 Å². The maximum Gasteiger partial charge on any atom is 0.312 e. The summed E-state index contributed by atoms with van der Waals surface area (Å²) < 4.78 is 6.28. The van der Waals surface area contributed by atoms with Gasteiger partial charge in [0, 0.05) is 0 Å². The van der Waals surface area contributed by atoms with E-state index in [-0.39, 0.29) is 17.0 Å². The summed E-state index contributed by atoms with van der Waals surface area (Å²) >= 11 is 0. The molecule has 0 radical (unpaired) electrons. The van der Waals surface area contributed by atoms with E-state index in [1.807, 2.05) is 0 Å². The molecule has 0 aromatic heterocycles. The Kier molecular flexibility index (Phi) is 6.75. The van der Waals surface area contributed by atoms with Crippen molar-refractivity contribution in [2.75, 3.05) is 0 Å². The Labute approximate surface area is 144 Å². The molecule has 2 atom stereocenters. The summed E-state index contributed by atoms with van der Waals surface area (Å²) in [4.78, 5) is 13.2. The third-order valence-corrected chi connectivity index (χ3v) is 6.42. The van der Waals surface area contributed by atoms with Crippen LogP contribution >= 0.6 is 0 Å². The second kappa shape index (κ2) is 7.57. The SMILES string of the molecule is CCC(C)(OC(=O)C(C)(CC(C)C)C(C)(C)C)C1CCCCC1. The van der Waals surface area contributed by atoms with E-state index in [0.717, 1.165) is 12.8 Å². The predicted octanol–water partition coefficient (Wildman–Crippen LogP) is 6.38. The monoisotopic (exact) mass is 324 g/mol. The molecular weight excluding hydrogens is 284 g/mol. The molecule has 0 bridgehead atoms. The van der Waals surface area contributed by atoms with E-state index in [1.54, 1.807) is 0 Å². The average Bonchev–Trinajstić information content (AvgIpc) is 2.46. The molecule has 2 nitrogen and oxygen atoms in total. The molecule has 0 aromatic carbocycles. The van der Waals surface area contributed by atoms with Gasteiger partial charge in [0.05, 0.1) is 5.41 Å². The fourth-order valence-corrected chi connectivity index (χ4v) is 3.99. The first kappa shape index (κ1) is 20.5. The number of esters is 1. The normalized spacial score (nSPS) is 22.5. The molecule has 0 aromatic rings. The van der Waals surface area contributed by atoms with Gasteiger partial charge in [-0.1, -0.05) is 60.8 Å². The Morgan fingerprint density at radius 3 is 1.96 bits per heavy atom. The van der Waals surface area contributed by atoms with Crippen LogP contribution < -0.4 is 0 Å². The summed E-state index contributed by atoms with van der Waals surface area (Å²) in [6, 6.07) is 0. The molecule has 2 heteroatoms. The smallest absolute Gasteiger partial charge is 0.312 e. The highest BCUT2D eigenvalue weighted by Gasteiger charge is 2.49. The lowest BCUT2D eigenvalue weighted by atomic mass is 9.64. The molecule has 2 unspecified atom stereocenters. The van der Waals surface area contributed by atoms with Crippen molar-refractivity contribution >= 4 is 5.97 Å². The first-order chi connectivity index (χ1) is 10.5. The summed E-state index contributed by atoms with van der Waals surface area (Å²) in [5, 5.41) is 0. The van der Waals surface area contributed by atoms with Crippen LogP contribution in [0.4, 0.5) is 0 Å². The molecule has 0 spiro atoms. The molecule has 0 saturated heterocycles. The largest absolute Gasteiger partial charge is 0.459 e. The van der Waals surface area contributed by atoms with Crippen LogP contribution in [0, 0.1) is 22.7 Å². The third kappa shape index (κ3) is 4.73. The molecule has 0 amide bonds. The van der Waals surface area contributed by atoms with Crippen LogP contribution in [-0.4, -0.2) is 11.6 Å². The van der Waals surface area contributed by atoms with Gasteiger partial charge >= 0.3 is 5.97 Å². The van der Waals surface area contributed by atoms with Crippen molar-refractivity contribution in [2.24, 2.45) is 22.7 Å². The molecule has 0 N–H and O–H groups in total. The van der Waals surface area contributed by atoms with Gasteiger partial charge in [0.25, 0.3) is 0 Å². The summed E-state index contributed by atoms with van der Waals surface area (Å²) in [7, 11) is 0. The zero-order chi connectivity index (χ0) is 17.9. The van der Waals surface area contributed by atoms with E-state index >= 15 is 0 Å². The van der Waals surface area contributed by atoms with Gasteiger partial charge in [-0.05, 0) is 56.8 Å². The van der Waals surface area contributed by atoms with Crippen molar-refractivity contribution in [2.45, 2.75) is 106 Å². The molecule has 136 valence electrons. The number of hydrogen-bond donors (Lipinski definition) is 0. The predicted molar refractivity (Wildman–Crippen MR) is 98.4 cm³/mol. The van der Waals surface area contributed by atoms with Crippen LogP contribution in [0.25, 0.3) is 0 Å². The highest BCUT2D eigenvalue weighted by atomic mass is 16.6. The van der Waals surface area contributed by atoms with Gasteiger partial charge in [-0.2, -0.15) is 0 Å². The standard InChI is InChI=1S/C21H40O2/c1-9-21(8,17-13-11-10-12-14-17)23-18(22)20(7,15-16(2)3)19(4,5)6/h16-17H,9-15H2,1-8H3. The van der Waals surface area contributed by atoms with Crippen molar-refractivity contribution < 1.29 is 9.53 Å². The molecule has 1 saturated carbocycles. The highest BCUT2D eigenvalue weighted by Crippen LogP contribution is 2.47. The molecule has 1 aliphatic carbocycles. The van der Waals surface area contributed by atoms with Crippen molar-refractivity contribution in [1.82, 2.24) is 0 Å². The summed E-state index contributed by atoms with van der Waals surface area (Å²) in [6.45, 7) is 17.3. The minimum Gasteiger partial charge on any atom is -0.459 e. The van der Waals surface area contributed by atoms with Crippen molar-refractivity contribution in [3.05, 3.63) is 0 Å². The van der Waals surface area contributed by atoms with Crippen molar-refractivity contribution in [3.8, 4) is 0 Å². The van der Waals surface area contributed by atoms with Gasteiger partial charge in [0.15, 0.2) is 0 Å². The minimum atomic E-state index is -0.438. The zero-order valence-electron chi connectivity index (χ0n) is 16.9. The maximum absolute atomic E-state index is 13.2. The number of carbonyl (C=O) groups is 1.